The zero-order chi connectivity index (χ0) is 22.5. The van der Waals surface area contributed by atoms with E-state index in [0.29, 0.717) is 17.9 Å². The van der Waals surface area contributed by atoms with Crippen LogP contribution in [0.4, 0.5) is 24.5 Å². The van der Waals surface area contributed by atoms with Crippen LogP contribution < -0.4 is 9.80 Å². The number of nitrogens with zero attached hydrogens (tertiary/aromatic N) is 3. The third kappa shape index (κ3) is 3.29. The number of thioether (sulfide) groups is 1. The molecule has 1 atom stereocenters. The SMILES string of the molecule is O=C1CS[C@@]2(C(=O)N(CN3CCCCC3)c3ccccc32)N1c1cccc(C(F)(F)F)c1. The molecule has 5 rings (SSSR count). The number of alkyl halides is 3. The van der Waals surface area contributed by atoms with Crippen LogP contribution in [0.2, 0.25) is 0 Å². The number of halogens is 3. The van der Waals surface area contributed by atoms with Crippen molar-refractivity contribution in [1.29, 1.82) is 0 Å². The molecule has 5 nitrogen and oxygen atoms in total. The summed E-state index contributed by atoms with van der Waals surface area (Å²) in [5, 5.41) is 0. The van der Waals surface area contributed by atoms with E-state index in [9.17, 15) is 22.8 Å². The van der Waals surface area contributed by atoms with Gasteiger partial charge in [0.1, 0.15) is 0 Å². The van der Waals surface area contributed by atoms with Crippen LogP contribution in [0, 0.1) is 0 Å². The van der Waals surface area contributed by atoms with E-state index in [2.05, 4.69) is 4.90 Å². The minimum atomic E-state index is -4.54. The number of hydrogen-bond donors (Lipinski definition) is 0. The van der Waals surface area contributed by atoms with E-state index in [-0.39, 0.29) is 23.3 Å². The normalized spacial score (nSPS) is 24.0. The van der Waals surface area contributed by atoms with Crippen molar-refractivity contribution in [2.45, 2.75) is 30.3 Å². The van der Waals surface area contributed by atoms with E-state index in [0.717, 1.165) is 38.1 Å². The minimum absolute atomic E-state index is 0.0217. The molecule has 3 aliphatic heterocycles. The fourth-order valence-electron chi connectivity index (χ4n) is 4.82. The van der Waals surface area contributed by atoms with Gasteiger partial charge in [0, 0.05) is 11.3 Å². The molecule has 2 aromatic carbocycles. The lowest BCUT2D eigenvalue weighted by Gasteiger charge is -2.35. The minimum Gasteiger partial charge on any atom is -0.295 e. The third-order valence-electron chi connectivity index (χ3n) is 6.29. The topological polar surface area (TPSA) is 43.9 Å². The number of piperidine rings is 1. The largest absolute Gasteiger partial charge is 0.416 e. The average Bonchev–Trinajstić information content (AvgIpc) is 3.25. The van der Waals surface area contributed by atoms with Gasteiger partial charge in [-0.2, -0.15) is 13.2 Å². The maximum absolute atomic E-state index is 13.9. The summed E-state index contributed by atoms with van der Waals surface area (Å²) < 4.78 is 40.1. The Morgan fingerprint density at radius 2 is 1.72 bits per heavy atom. The van der Waals surface area contributed by atoms with Gasteiger partial charge in [0.15, 0.2) is 0 Å². The van der Waals surface area contributed by atoms with E-state index >= 15 is 0 Å². The molecule has 9 heteroatoms. The molecule has 32 heavy (non-hydrogen) atoms. The summed E-state index contributed by atoms with van der Waals surface area (Å²) in [6.45, 7) is 2.19. The van der Waals surface area contributed by atoms with Gasteiger partial charge in [-0.3, -0.25) is 24.3 Å². The Hall–Kier alpha value is -2.52. The Labute approximate surface area is 188 Å². The highest BCUT2D eigenvalue weighted by Gasteiger charge is 2.61. The predicted octanol–water partition coefficient (Wildman–Crippen LogP) is 4.43. The Bertz CT molecular complexity index is 1070. The zero-order valence-corrected chi connectivity index (χ0v) is 18.1. The average molecular weight is 462 g/mol. The van der Waals surface area contributed by atoms with Crippen LogP contribution in [-0.4, -0.2) is 42.2 Å². The summed E-state index contributed by atoms with van der Waals surface area (Å²) >= 11 is 1.18. The van der Waals surface area contributed by atoms with Gasteiger partial charge < -0.3 is 0 Å². The van der Waals surface area contributed by atoms with E-state index in [4.69, 9.17) is 0 Å². The van der Waals surface area contributed by atoms with Crippen LogP contribution in [-0.2, 0) is 20.6 Å². The molecule has 1 spiro atoms. The highest BCUT2D eigenvalue weighted by Crippen LogP contribution is 2.56. The first-order chi connectivity index (χ1) is 15.3. The lowest BCUT2D eigenvalue weighted by atomic mass is 10.0. The van der Waals surface area contributed by atoms with Gasteiger partial charge in [0.05, 0.1) is 23.7 Å². The van der Waals surface area contributed by atoms with Crippen molar-refractivity contribution in [2.75, 3.05) is 35.3 Å². The van der Waals surface area contributed by atoms with Crippen LogP contribution in [0.3, 0.4) is 0 Å². The second kappa shape index (κ2) is 7.81. The highest BCUT2D eigenvalue weighted by molar-refractivity contribution is 8.02. The number of hydrogen-bond acceptors (Lipinski definition) is 4. The summed E-state index contributed by atoms with van der Waals surface area (Å²) in [6, 6.07) is 11.9. The quantitative estimate of drug-likeness (QED) is 0.679. The summed E-state index contributed by atoms with van der Waals surface area (Å²) in [4.78, 5) is 30.7. The summed E-state index contributed by atoms with van der Waals surface area (Å²) in [7, 11) is 0. The van der Waals surface area contributed by atoms with Crippen molar-refractivity contribution in [3.8, 4) is 0 Å². The van der Waals surface area contributed by atoms with E-state index in [1.165, 1.54) is 35.2 Å². The summed E-state index contributed by atoms with van der Waals surface area (Å²) in [5.41, 5.74) is 0.592. The summed E-state index contributed by atoms with van der Waals surface area (Å²) in [6.07, 6.45) is -1.24. The van der Waals surface area contributed by atoms with Crippen molar-refractivity contribution in [3.63, 3.8) is 0 Å². The fourth-order valence-corrected chi connectivity index (χ4v) is 6.18. The molecule has 2 aromatic rings. The maximum atomic E-state index is 13.9. The number of anilines is 2. The Morgan fingerprint density at radius 3 is 2.47 bits per heavy atom. The van der Waals surface area contributed by atoms with Gasteiger partial charge in [0.25, 0.3) is 5.91 Å². The molecule has 0 radical (unpaired) electrons. The molecule has 0 aliphatic carbocycles. The van der Waals surface area contributed by atoms with Crippen LogP contribution >= 0.6 is 11.8 Å². The number of fused-ring (bicyclic) bond motifs is 2. The second-order valence-corrected chi connectivity index (χ2v) is 9.45. The van der Waals surface area contributed by atoms with Gasteiger partial charge in [0.2, 0.25) is 10.8 Å². The highest BCUT2D eigenvalue weighted by atomic mass is 32.2. The van der Waals surface area contributed by atoms with Gasteiger partial charge in [-0.15, -0.1) is 11.8 Å². The molecule has 2 amide bonds. The monoisotopic (exact) mass is 461 g/mol. The third-order valence-corrected chi connectivity index (χ3v) is 7.67. The number of likely N-dealkylation sites (tertiary alicyclic amines) is 1. The van der Waals surface area contributed by atoms with Crippen molar-refractivity contribution in [2.24, 2.45) is 0 Å². The first-order valence-corrected chi connectivity index (χ1v) is 11.6. The number of carbonyl (C=O) groups is 2. The number of amides is 2. The first-order valence-electron chi connectivity index (χ1n) is 10.6. The molecule has 3 aliphatic rings. The zero-order valence-electron chi connectivity index (χ0n) is 17.3. The standard InChI is InChI=1S/C23H22F3N3O2S/c24-23(25,26)16-7-6-8-17(13-16)29-20(30)14-32-22(29)18-9-2-3-10-19(18)28(21(22)31)15-27-11-4-1-5-12-27/h2-3,6-10,13H,1,4-5,11-12,14-15H2/t22-/m0/s1. The van der Waals surface area contributed by atoms with Gasteiger partial charge >= 0.3 is 6.18 Å². The molecule has 0 N–H and O–H groups in total. The fraction of sp³-hybridized carbons (Fsp3) is 0.391. The number of para-hydroxylation sites is 1. The molecule has 0 saturated carbocycles. The molecule has 2 fully saturated rings. The Kier molecular flexibility index (Phi) is 5.21. The number of rotatable bonds is 3. The van der Waals surface area contributed by atoms with Gasteiger partial charge in [-0.25, -0.2) is 0 Å². The summed E-state index contributed by atoms with van der Waals surface area (Å²) in [5.74, 6) is -0.636. The van der Waals surface area contributed by atoms with Crippen LogP contribution in [0.5, 0.6) is 0 Å². The van der Waals surface area contributed by atoms with Crippen molar-refractivity contribution < 1.29 is 22.8 Å². The van der Waals surface area contributed by atoms with Crippen LogP contribution in [0.25, 0.3) is 0 Å². The number of carbonyl (C=O) groups excluding carboxylic acids is 2. The first kappa shape index (κ1) is 21.3. The molecule has 168 valence electrons. The Morgan fingerprint density at radius 1 is 0.969 bits per heavy atom. The lowest BCUT2D eigenvalue weighted by Crippen LogP contribution is -2.52. The Balaban J connectivity index is 1.59. The van der Waals surface area contributed by atoms with Crippen LogP contribution in [0.1, 0.15) is 30.4 Å². The molecule has 2 saturated heterocycles. The molecule has 3 heterocycles. The lowest BCUT2D eigenvalue weighted by molar-refractivity contribution is -0.137. The molecular formula is C23H22F3N3O2S. The molecule has 0 aromatic heterocycles. The van der Waals surface area contributed by atoms with Crippen molar-refractivity contribution >= 4 is 35.0 Å². The maximum Gasteiger partial charge on any atom is 0.416 e. The van der Waals surface area contributed by atoms with Gasteiger partial charge in [-0.1, -0.05) is 30.7 Å². The van der Waals surface area contributed by atoms with E-state index in [1.807, 2.05) is 12.1 Å². The predicted molar refractivity (Wildman–Crippen MR) is 117 cm³/mol. The van der Waals surface area contributed by atoms with E-state index < -0.39 is 16.6 Å². The van der Waals surface area contributed by atoms with Crippen LogP contribution in [0.15, 0.2) is 48.5 Å². The van der Waals surface area contributed by atoms with Crippen molar-refractivity contribution in [1.82, 2.24) is 4.90 Å². The molecule has 0 bridgehead atoms. The number of benzene rings is 2. The van der Waals surface area contributed by atoms with Crippen molar-refractivity contribution in [3.05, 3.63) is 59.7 Å². The molecule has 0 unspecified atom stereocenters. The molecular weight excluding hydrogens is 439 g/mol. The van der Waals surface area contributed by atoms with E-state index in [1.54, 1.807) is 17.0 Å². The van der Waals surface area contributed by atoms with Gasteiger partial charge in [-0.05, 0) is 50.2 Å². The smallest absolute Gasteiger partial charge is 0.295 e. The second-order valence-electron chi connectivity index (χ2n) is 8.28.